The van der Waals surface area contributed by atoms with Gasteiger partial charge in [0.1, 0.15) is 0 Å². The van der Waals surface area contributed by atoms with Gasteiger partial charge in [0, 0.05) is 5.54 Å². The maximum absolute atomic E-state index is 3.73. The Kier molecular flexibility index (Phi) is 5.57. The normalized spacial score (nSPS) is 13.9. The number of benzene rings is 1. The summed E-state index contributed by atoms with van der Waals surface area (Å²) in [5, 5.41) is 3.73. The Bertz CT molecular complexity index is 408. The summed E-state index contributed by atoms with van der Waals surface area (Å²) in [4.78, 5) is 2.31. The fourth-order valence-electron chi connectivity index (χ4n) is 2.36. The Morgan fingerprint density at radius 1 is 1.21 bits per heavy atom. The second kappa shape index (κ2) is 6.53. The second-order valence-electron chi connectivity index (χ2n) is 6.30. The van der Waals surface area contributed by atoms with Gasteiger partial charge in [-0.05, 0) is 65.9 Å². The van der Waals surface area contributed by atoms with Gasteiger partial charge in [-0.1, -0.05) is 30.7 Å². The van der Waals surface area contributed by atoms with E-state index in [-0.39, 0.29) is 5.54 Å². The van der Waals surface area contributed by atoms with Crippen molar-refractivity contribution in [1.82, 2.24) is 10.2 Å². The van der Waals surface area contributed by atoms with Crippen molar-refractivity contribution in [1.29, 1.82) is 0 Å². The molecule has 0 fully saturated rings. The van der Waals surface area contributed by atoms with Crippen LogP contribution >= 0.6 is 0 Å². The van der Waals surface area contributed by atoms with E-state index in [1.165, 1.54) is 16.7 Å². The molecule has 108 valence electrons. The first-order valence-electron chi connectivity index (χ1n) is 7.28. The molecule has 1 rings (SSSR count). The fourth-order valence-corrected chi connectivity index (χ4v) is 2.36. The van der Waals surface area contributed by atoms with Crippen LogP contribution in [0.4, 0.5) is 0 Å². The Morgan fingerprint density at radius 2 is 1.84 bits per heavy atom. The molecule has 1 aromatic rings. The second-order valence-corrected chi connectivity index (χ2v) is 6.30. The maximum atomic E-state index is 3.73. The summed E-state index contributed by atoms with van der Waals surface area (Å²) in [6, 6.07) is 7.10. The summed E-state index contributed by atoms with van der Waals surface area (Å²) in [7, 11) is 4.32. The monoisotopic (exact) mass is 262 g/mol. The van der Waals surface area contributed by atoms with Crippen LogP contribution < -0.4 is 5.32 Å². The van der Waals surface area contributed by atoms with E-state index >= 15 is 0 Å². The van der Waals surface area contributed by atoms with Crippen LogP contribution in [0.25, 0.3) is 0 Å². The number of hydrogen-bond acceptors (Lipinski definition) is 2. The van der Waals surface area contributed by atoms with Crippen molar-refractivity contribution >= 4 is 0 Å². The Hall–Kier alpha value is -0.860. The molecule has 0 amide bonds. The van der Waals surface area contributed by atoms with Crippen molar-refractivity contribution in [3.8, 4) is 0 Å². The third-order valence-electron chi connectivity index (χ3n) is 4.20. The lowest BCUT2D eigenvalue weighted by molar-refractivity contribution is 0.137. The van der Waals surface area contributed by atoms with Crippen LogP contribution in [0.15, 0.2) is 18.2 Å². The number of aryl methyl sites for hydroxylation is 2. The van der Waals surface area contributed by atoms with Gasteiger partial charge in [-0.3, -0.25) is 0 Å². The van der Waals surface area contributed by atoms with E-state index in [9.17, 15) is 0 Å². The first kappa shape index (κ1) is 16.2. The van der Waals surface area contributed by atoms with Crippen molar-refractivity contribution < 1.29 is 0 Å². The van der Waals surface area contributed by atoms with E-state index in [4.69, 9.17) is 0 Å². The summed E-state index contributed by atoms with van der Waals surface area (Å²) in [5.41, 5.74) is 4.20. The number of nitrogens with one attached hydrogen (secondary N) is 1. The predicted octanol–water partition coefficient (Wildman–Crippen LogP) is 3.68. The highest BCUT2D eigenvalue weighted by molar-refractivity contribution is 5.35. The fraction of sp³-hybridized carbons (Fsp3) is 0.647. The molecule has 19 heavy (non-hydrogen) atoms. The number of nitrogens with zero attached hydrogens (tertiary/aromatic N) is 1. The zero-order valence-corrected chi connectivity index (χ0v) is 13.7. The summed E-state index contributed by atoms with van der Waals surface area (Å²) in [6.07, 6.45) is 1.16. The van der Waals surface area contributed by atoms with Crippen molar-refractivity contribution in [2.75, 3.05) is 20.6 Å². The third-order valence-corrected chi connectivity index (χ3v) is 4.20. The molecule has 0 aliphatic rings. The van der Waals surface area contributed by atoms with Crippen molar-refractivity contribution in [2.24, 2.45) is 0 Å². The zero-order chi connectivity index (χ0) is 14.6. The Balaban J connectivity index is 3.19. The first-order valence-corrected chi connectivity index (χ1v) is 7.28. The average Bonchev–Trinajstić information content (AvgIpc) is 2.33. The number of hydrogen-bond donors (Lipinski definition) is 1. The molecule has 0 aliphatic carbocycles. The van der Waals surface area contributed by atoms with Crippen molar-refractivity contribution in [3.63, 3.8) is 0 Å². The minimum atomic E-state index is 0.0771. The van der Waals surface area contributed by atoms with Gasteiger partial charge in [0.25, 0.3) is 0 Å². The Labute approximate surface area is 119 Å². The van der Waals surface area contributed by atoms with Gasteiger partial charge in [0.15, 0.2) is 0 Å². The van der Waals surface area contributed by atoms with Gasteiger partial charge in [-0.15, -0.1) is 0 Å². The predicted molar refractivity (Wildman–Crippen MR) is 84.7 cm³/mol. The van der Waals surface area contributed by atoms with Crippen LogP contribution in [-0.4, -0.2) is 31.1 Å². The van der Waals surface area contributed by atoms with E-state index in [2.05, 4.69) is 77.1 Å². The molecule has 0 aromatic heterocycles. The van der Waals surface area contributed by atoms with Crippen LogP contribution in [0.5, 0.6) is 0 Å². The Morgan fingerprint density at radius 3 is 2.37 bits per heavy atom. The van der Waals surface area contributed by atoms with Gasteiger partial charge < -0.3 is 10.2 Å². The van der Waals surface area contributed by atoms with Crippen LogP contribution in [0.2, 0.25) is 0 Å². The molecule has 1 N–H and O–H groups in total. The minimum Gasteiger partial charge on any atom is -0.308 e. The average molecular weight is 262 g/mol. The molecule has 0 saturated heterocycles. The molecule has 0 radical (unpaired) electrons. The topological polar surface area (TPSA) is 15.3 Å². The molecule has 0 aliphatic heterocycles. The van der Waals surface area contributed by atoms with E-state index in [1.807, 2.05) is 0 Å². The number of likely N-dealkylation sites (N-methyl/N-ethyl adjacent to an activating group) is 1. The van der Waals surface area contributed by atoms with Crippen LogP contribution in [-0.2, 0) is 0 Å². The molecule has 2 heteroatoms. The smallest absolute Gasteiger partial charge is 0.0504 e. The molecule has 1 unspecified atom stereocenters. The molecule has 0 bridgehead atoms. The molecule has 0 saturated carbocycles. The molecule has 1 aromatic carbocycles. The van der Waals surface area contributed by atoms with Crippen LogP contribution in [0.3, 0.4) is 0 Å². The molecular formula is C17H30N2. The summed E-state index contributed by atoms with van der Waals surface area (Å²) in [6.45, 7) is 12.3. The van der Waals surface area contributed by atoms with E-state index in [0.717, 1.165) is 13.0 Å². The highest BCUT2D eigenvalue weighted by atomic mass is 15.2. The van der Waals surface area contributed by atoms with Gasteiger partial charge in [-0.25, -0.2) is 0 Å². The summed E-state index contributed by atoms with van der Waals surface area (Å²) < 4.78 is 0. The maximum Gasteiger partial charge on any atom is 0.0504 e. The number of rotatable bonds is 6. The molecule has 0 spiro atoms. The zero-order valence-electron chi connectivity index (χ0n) is 13.7. The van der Waals surface area contributed by atoms with Crippen LogP contribution in [0, 0.1) is 13.8 Å². The van der Waals surface area contributed by atoms with Crippen molar-refractivity contribution in [2.45, 2.75) is 52.6 Å². The van der Waals surface area contributed by atoms with Gasteiger partial charge >= 0.3 is 0 Å². The lowest BCUT2D eigenvalue weighted by Crippen LogP contribution is -2.49. The first-order chi connectivity index (χ1) is 8.80. The molecule has 0 heterocycles. The molecular weight excluding hydrogens is 232 g/mol. The highest BCUT2D eigenvalue weighted by Crippen LogP contribution is 2.32. The van der Waals surface area contributed by atoms with Gasteiger partial charge in [-0.2, -0.15) is 0 Å². The quantitative estimate of drug-likeness (QED) is 0.841. The van der Waals surface area contributed by atoms with Crippen molar-refractivity contribution in [3.05, 3.63) is 34.9 Å². The highest BCUT2D eigenvalue weighted by Gasteiger charge is 2.33. The van der Waals surface area contributed by atoms with Crippen LogP contribution in [0.1, 0.15) is 49.9 Å². The lowest BCUT2D eigenvalue weighted by atomic mass is 9.84. The van der Waals surface area contributed by atoms with Gasteiger partial charge in [0.2, 0.25) is 0 Å². The molecule has 2 nitrogen and oxygen atoms in total. The minimum absolute atomic E-state index is 0.0771. The standard InChI is InChI=1S/C17H30N2/c1-8-11-18-16(17(4,5)19(6)7)15-12-13(2)9-10-14(15)3/h9-10,12,16,18H,8,11H2,1-7H3. The lowest BCUT2D eigenvalue weighted by Gasteiger charge is -2.41. The van der Waals surface area contributed by atoms with E-state index in [1.54, 1.807) is 0 Å². The largest absolute Gasteiger partial charge is 0.308 e. The summed E-state index contributed by atoms with van der Waals surface area (Å²) >= 11 is 0. The summed E-state index contributed by atoms with van der Waals surface area (Å²) in [5.74, 6) is 0. The third kappa shape index (κ3) is 3.80. The van der Waals surface area contributed by atoms with Gasteiger partial charge in [0.05, 0.1) is 6.04 Å². The van der Waals surface area contributed by atoms with E-state index in [0.29, 0.717) is 6.04 Å². The SMILES string of the molecule is CCCNC(c1cc(C)ccc1C)C(C)(C)N(C)C. The van der Waals surface area contributed by atoms with E-state index < -0.39 is 0 Å². The molecule has 1 atom stereocenters.